The molecule has 0 saturated heterocycles. The van der Waals surface area contributed by atoms with Crippen molar-refractivity contribution in [3.8, 4) is 0 Å². The molecule has 1 unspecified atom stereocenters. The number of nitrogens with one attached hydrogen (secondary N) is 1. The summed E-state index contributed by atoms with van der Waals surface area (Å²) in [6.45, 7) is 3.67. The molecule has 0 aliphatic rings. The van der Waals surface area contributed by atoms with Gasteiger partial charge in [0.05, 0.1) is 11.3 Å². The number of aliphatic hydroxyl groups is 1. The zero-order valence-corrected chi connectivity index (χ0v) is 10.3. The zero-order chi connectivity index (χ0) is 13.1. The average Bonchev–Trinajstić information content (AvgIpc) is 2.78. The van der Waals surface area contributed by atoms with Crippen LogP contribution in [0, 0.1) is 6.92 Å². The van der Waals surface area contributed by atoms with Crippen LogP contribution in [0.15, 0.2) is 12.5 Å². The summed E-state index contributed by atoms with van der Waals surface area (Å²) in [4.78, 5) is 20.0. The maximum absolute atomic E-state index is 12.0. The number of nitrogens with zero attached hydrogens (tertiary/aromatic N) is 4. The fourth-order valence-electron chi connectivity index (χ4n) is 1.68. The van der Waals surface area contributed by atoms with Gasteiger partial charge in [-0.15, -0.1) is 0 Å². The third kappa shape index (κ3) is 2.30. The summed E-state index contributed by atoms with van der Waals surface area (Å²) < 4.78 is 1.52. The van der Waals surface area contributed by atoms with Gasteiger partial charge in [0.25, 0.3) is 11.7 Å². The molecule has 2 aromatic rings. The van der Waals surface area contributed by atoms with Gasteiger partial charge in [0.15, 0.2) is 0 Å². The lowest BCUT2D eigenvalue weighted by molar-refractivity contribution is 0.0932. The Bertz CT molecular complexity index is 566. The fraction of sp³-hybridized carbons (Fsp3) is 0.455. The van der Waals surface area contributed by atoms with Crippen molar-refractivity contribution in [1.82, 2.24) is 24.9 Å². The van der Waals surface area contributed by atoms with E-state index in [0.717, 1.165) is 0 Å². The second-order valence-electron chi connectivity index (χ2n) is 4.12. The molecule has 1 amide bonds. The van der Waals surface area contributed by atoms with E-state index >= 15 is 0 Å². The Labute approximate surface area is 104 Å². The number of aromatic nitrogens is 4. The number of hydrogen-bond acceptors (Lipinski definition) is 5. The Kier molecular flexibility index (Phi) is 3.52. The molecule has 96 valence electrons. The monoisotopic (exact) mass is 249 g/mol. The second-order valence-corrected chi connectivity index (χ2v) is 4.12. The van der Waals surface area contributed by atoms with Crippen LogP contribution >= 0.6 is 0 Å². The first-order chi connectivity index (χ1) is 8.63. The first-order valence-electron chi connectivity index (χ1n) is 5.70. The van der Waals surface area contributed by atoms with Crippen molar-refractivity contribution < 1.29 is 9.90 Å². The molecule has 0 spiro atoms. The van der Waals surface area contributed by atoms with Gasteiger partial charge in [-0.3, -0.25) is 4.79 Å². The lowest BCUT2D eigenvalue weighted by Gasteiger charge is -2.13. The number of amides is 1. The van der Waals surface area contributed by atoms with Gasteiger partial charge in [0.1, 0.15) is 6.33 Å². The topological polar surface area (TPSA) is 92.4 Å². The van der Waals surface area contributed by atoms with Crippen LogP contribution in [0.25, 0.3) is 5.78 Å². The highest BCUT2D eigenvalue weighted by molar-refractivity contribution is 5.95. The van der Waals surface area contributed by atoms with Crippen LogP contribution < -0.4 is 5.32 Å². The van der Waals surface area contributed by atoms with Gasteiger partial charge in [-0.25, -0.2) is 9.50 Å². The molecule has 0 aliphatic carbocycles. The highest BCUT2D eigenvalue weighted by atomic mass is 16.3. The number of fused-ring (bicyclic) bond motifs is 1. The molecule has 2 heterocycles. The lowest BCUT2D eigenvalue weighted by atomic mass is 10.2. The van der Waals surface area contributed by atoms with Crippen molar-refractivity contribution in [1.29, 1.82) is 0 Å². The quantitative estimate of drug-likeness (QED) is 0.791. The van der Waals surface area contributed by atoms with Crippen molar-refractivity contribution in [2.24, 2.45) is 0 Å². The van der Waals surface area contributed by atoms with Crippen LogP contribution in [-0.2, 0) is 0 Å². The Morgan fingerprint density at radius 3 is 3.06 bits per heavy atom. The van der Waals surface area contributed by atoms with Gasteiger partial charge in [-0.2, -0.15) is 10.1 Å². The first kappa shape index (κ1) is 12.4. The van der Waals surface area contributed by atoms with Gasteiger partial charge < -0.3 is 10.4 Å². The first-order valence-corrected chi connectivity index (χ1v) is 5.70. The normalized spacial score (nSPS) is 12.6. The summed E-state index contributed by atoms with van der Waals surface area (Å²) in [6.07, 6.45) is 3.40. The van der Waals surface area contributed by atoms with Crippen molar-refractivity contribution in [3.05, 3.63) is 23.8 Å². The summed E-state index contributed by atoms with van der Waals surface area (Å²) in [6, 6.07) is -0.0895. The highest BCUT2D eigenvalue weighted by Gasteiger charge is 2.15. The van der Waals surface area contributed by atoms with Crippen molar-refractivity contribution in [2.45, 2.75) is 26.3 Å². The van der Waals surface area contributed by atoms with E-state index in [4.69, 9.17) is 5.11 Å². The standard InChI is InChI=1S/C11H15N5O2/c1-7(3-4-17)15-10(18)9-5-12-11-13-6-14-16(11)8(9)2/h5-7,17H,3-4H2,1-2H3,(H,15,18). The largest absolute Gasteiger partial charge is 0.396 e. The van der Waals surface area contributed by atoms with Crippen molar-refractivity contribution in [3.63, 3.8) is 0 Å². The van der Waals surface area contributed by atoms with E-state index in [9.17, 15) is 4.79 Å². The SMILES string of the molecule is Cc1c(C(=O)NC(C)CCO)cnc2ncnn12. The number of carbonyl (C=O) groups is 1. The fourth-order valence-corrected chi connectivity index (χ4v) is 1.68. The minimum atomic E-state index is -0.224. The molecular weight excluding hydrogens is 234 g/mol. The van der Waals surface area contributed by atoms with Crippen LogP contribution in [0.3, 0.4) is 0 Å². The third-order valence-electron chi connectivity index (χ3n) is 2.73. The van der Waals surface area contributed by atoms with E-state index in [2.05, 4.69) is 20.4 Å². The number of aryl methyl sites for hydroxylation is 1. The molecule has 0 aliphatic heterocycles. The van der Waals surface area contributed by atoms with Gasteiger partial charge in [0, 0.05) is 18.8 Å². The predicted molar refractivity (Wildman–Crippen MR) is 64.2 cm³/mol. The van der Waals surface area contributed by atoms with Crippen LogP contribution in [0.4, 0.5) is 0 Å². The maximum Gasteiger partial charge on any atom is 0.254 e. The molecule has 7 nitrogen and oxygen atoms in total. The minimum absolute atomic E-state index is 0.0425. The Balaban J connectivity index is 2.25. The van der Waals surface area contributed by atoms with Crippen molar-refractivity contribution >= 4 is 11.7 Å². The number of rotatable bonds is 4. The van der Waals surface area contributed by atoms with Gasteiger partial charge in [0.2, 0.25) is 0 Å². The van der Waals surface area contributed by atoms with Gasteiger partial charge >= 0.3 is 0 Å². The molecule has 0 radical (unpaired) electrons. The molecule has 18 heavy (non-hydrogen) atoms. The molecule has 2 rings (SSSR count). The summed E-state index contributed by atoms with van der Waals surface area (Å²) in [5.74, 6) is 0.241. The Morgan fingerprint density at radius 2 is 2.33 bits per heavy atom. The molecular formula is C11H15N5O2. The number of hydrogen-bond donors (Lipinski definition) is 2. The van der Waals surface area contributed by atoms with Crippen LogP contribution in [0.2, 0.25) is 0 Å². The summed E-state index contributed by atoms with van der Waals surface area (Å²) in [5.41, 5.74) is 1.14. The Morgan fingerprint density at radius 1 is 1.56 bits per heavy atom. The molecule has 0 saturated carbocycles. The lowest BCUT2D eigenvalue weighted by Crippen LogP contribution is -2.34. The zero-order valence-electron chi connectivity index (χ0n) is 10.3. The maximum atomic E-state index is 12.0. The highest BCUT2D eigenvalue weighted by Crippen LogP contribution is 2.07. The van der Waals surface area contributed by atoms with Gasteiger partial charge in [-0.1, -0.05) is 0 Å². The molecule has 1 atom stereocenters. The minimum Gasteiger partial charge on any atom is -0.396 e. The molecule has 0 aromatic carbocycles. The average molecular weight is 249 g/mol. The number of carbonyl (C=O) groups excluding carboxylic acids is 1. The molecule has 0 fully saturated rings. The van der Waals surface area contributed by atoms with Crippen molar-refractivity contribution in [2.75, 3.05) is 6.61 Å². The van der Waals surface area contributed by atoms with E-state index < -0.39 is 0 Å². The van der Waals surface area contributed by atoms with E-state index in [-0.39, 0.29) is 18.6 Å². The summed E-state index contributed by atoms with van der Waals surface area (Å²) >= 11 is 0. The summed E-state index contributed by atoms with van der Waals surface area (Å²) in [7, 11) is 0. The van der Waals surface area contributed by atoms with E-state index in [1.807, 2.05) is 6.92 Å². The Hall–Kier alpha value is -2.02. The molecule has 2 aromatic heterocycles. The summed E-state index contributed by atoms with van der Waals surface area (Å²) in [5, 5.41) is 15.6. The molecule has 2 N–H and O–H groups in total. The van der Waals surface area contributed by atoms with E-state index in [0.29, 0.717) is 23.5 Å². The van der Waals surface area contributed by atoms with Crippen LogP contribution in [-0.4, -0.2) is 43.2 Å². The van der Waals surface area contributed by atoms with Crippen LogP contribution in [0.1, 0.15) is 29.4 Å². The molecule has 0 bridgehead atoms. The van der Waals surface area contributed by atoms with E-state index in [1.165, 1.54) is 17.0 Å². The van der Waals surface area contributed by atoms with Crippen LogP contribution in [0.5, 0.6) is 0 Å². The molecule has 7 heteroatoms. The van der Waals surface area contributed by atoms with E-state index in [1.54, 1.807) is 6.92 Å². The van der Waals surface area contributed by atoms with Gasteiger partial charge in [-0.05, 0) is 20.3 Å². The predicted octanol–water partition coefficient (Wildman–Crippen LogP) is -0.0666. The second kappa shape index (κ2) is 5.09. The smallest absolute Gasteiger partial charge is 0.254 e. The number of aliphatic hydroxyl groups excluding tert-OH is 1. The third-order valence-corrected chi connectivity index (χ3v) is 2.73.